The number of benzene rings is 1. The van der Waals surface area contributed by atoms with Crippen molar-refractivity contribution in [3.05, 3.63) is 23.5 Å². The standard InChI is InChI=1S/C13H19FN4O/c1-9(19)18-4-2-17(3-5-18)8-10-6-11(14)13(16)12(15)7-10/h6-7H,2-5,8,15-16H2,1H3. The number of amides is 1. The molecule has 0 radical (unpaired) electrons. The number of piperazine rings is 1. The maximum atomic E-state index is 13.5. The van der Waals surface area contributed by atoms with Crippen molar-refractivity contribution in [2.24, 2.45) is 0 Å². The molecule has 4 N–H and O–H groups in total. The summed E-state index contributed by atoms with van der Waals surface area (Å²) in [4.78, 5) is 15.2. The molecular formula is C13H19FN4O. The summed E-state index contributed by atoms with van der Waals surface area (Å²) < 4.78 is 13.5. The van der Waals surface area contributed by atoms with E-state index in [1.165, 1.54) is 6.07 Å². The van der Waals surface area contributed by atoms with E-state index in [4.69, 9.17) is 11.5 Å². The largest absolute Gasteiger partial charge is 0.397 e. The Morgan fingerprint density at radius 2 is 1.89 bits per heavy atom. The first kappa shape index (κ1) is 13.6. The Balaban J connectivity index is 1.98. The van der Waals surface area contributed by atoms with Gasteiger partial charge in [0.15, 0.2) is 0 Å². The van der Waals surface area contributed by atoms with Crippen LogP contribution < -0.4 is 11.5 Å². The third kappa shape index (κ3) is 3.14. The molecular weight excluding hydrogens is 247 g/mol. The van der Waals surface area contributed by atoms with Gasteiger partial charge in [0.1, 0.15) is 5.82 Å². The van der Waals surface area contributed by atoms with Crippen LogP contribution in [0.2, 0.25) is 0 Å². The Bertz CT molecular complexity index is 461. The van der Waals surface area contributed by atoms with Gasteiger partial charge >= 0.3 is 0 Å². The van der Waals surface area contributed by atoms with E-state index < -0.39 is 5.82 Å². The minimum Gasteiger partial charge on any atom is -0.397 e. The second kappa shape index (κ2) is 5.44. The average molecular weight is 266 g/mol. The summed E-state index contributed by atoms with van der Waals surface area (Å²) in [6, 6.07) is 3.12. The molecule has 1 fully saturated rings. The lowest BCUT2D eigenvalue weighted by Crippen LogP contribution is -2.47. The van der Waals surface area contributed by atoms with Crippen LogP contribution in [-0.2, 0) is 11.3 Å². The highest BCUT2D eigenvalue weighted by Gasteiger charge is 2.19. The highest BCUT2D eigenvalue weighted by Crippen LogP contribution is 2.22. The lowest BCUT2D eigenvalue weighted by atomic mass is 10.1. The number of hydrogen-bond acceptors (Lipinski definition) is 4. The van der Waals surface area contributed by atoms with Crippen molar-refractivity contribution in [1.82, 2.24) is 9.80 Å². The Morgan fingerprint density at radius 3 is 2.42 bits per heavy atom. The van der Waals surface area contributed by atoms with Gasteiger partial charge in [-0.05, 0) is 17.7 Å². The van der Waals surface area contributed by atoms with Crippen molar-refractivity contribution >= 4 is 17.3 Å². The summed E-state index contributed by atoms with van der Waals surface area (Å²) in [5.41, 5.74) is 12.2. The summed E-state index contributed by atoms with van der Waals surface area (Å²) in [5, 5.41) is 0. The molecule has 1 saturated heterocycles. The molecule has 0 spiro atoms. The summed E-state index contributed by atoms with van der Waals surface area (Å²) in [5.74, 6) is -0.375. The number of carbonyl (C=O) groups excluding carboxylic acids is 1. The van der Waals surface area contributed by atoms with Crippen molar-refractivity contribution in [2.75, 3.05) is 37.6 Å². The minimum absolute atomic E-state index is 0.00477. The zero-order valence-corrected chi connectivity index (χ0v) is 11.0. The second-order valence-corrected chi connectivity index (χ2v) is 4.86. The van der Waals surface area contributed by atoms with Crippen LogP contribution in [0.5, 0.6) is 0 Å². The average Bonchev–Trinajstić information content (AvgIpc) is 2.36. The van der Waals surface area contributed by atoms with Gasteiger partial charge in [0.25, 0.3) is 0 Å². The van der Waals surface area contributed by atoms with E-state index >= 15 is 0 Å². The Morgan fingerprint density at radius 1 is 1.26 bits per heavy atom. The normalized spacial score (nSPS) is 16.6. The topological polar surface area (TPSA) is 75.6 Å². The van der Waals surface area contributed by atoms with Gasteiger partial charge < -0.3 is 16.4 Å². The van der Waals surface area contributed by atoms with Gasteiger partial charge in [-0.3, -0.25) is 9.69 Å². The maximum absolute atomic E-state index is 13.5. The van der Waals surface area contributed by atoms with Gasteiger partial charge in [-0.25, -0.2) is 4.39 Å². The van der Waals surface area contributed by atoms with E-state index in [2.05, 4.69) is 4.90 Å². The van der Waals surface area contributed by atoms with Crippen molar-refractivity contribution < 1.29 is 9.18 Å². The molecule has 19 heavy (non-hydrogen) atoms. The summed E-state index contributed by atoms with van der Waals surface area (Å²) in [7, 11) is 0. The fourth-order valence-corrected chi connectivity index (χ4v) is 2.27. The van der Waals surface area contributed by atoms with Gasteiger partial charge in [0, 0.05) is 39.6 Å². The number of nitrogens with two attached hydrogens (primary N) is 2. The number of nitrogen functional groups attached to an aromatic ring is 2. The summed E-state index contributed by atoms with van der Waals surface area (Å²) >= 11 is 0. The van der Waals surface area contributed by atoms with E-state index in [0.717, 1.165) is 18.7 Å². The van der Waals surface area contributed by atoms with Crippen LogP contribution in [0.1, 0.15) is 12.5 Å². The molecule has 1 aliphatic heterocycles. The molecule has 5 nitrogen and oxygen atoms in total. The zero-order chi connectivity index (χ0) is 14.0. The Kier molecular flexibility index (Phi) is 3.90. The second-order valence-electron chi connectivity index (χ2n) is 4.86. The van der Waals surface area contributed by atoms with E-state index in [-0.39, 0.29) is 17.3 Å². The molecule has 1 heterocycles. The van der Waals surface area contributed by atoms with Gasteiger partial charge in [-0.15, -0.1) is 0 Å². The number of carbonyl (C=O) groups is 1. The SMILES string of the molecule is CC(=O)N1CCN(Cc2cc(N)c(N)c(F)c2)CC1. The van der Waals surface area contributed by atoms with E-state index in [0.29, 0.717) is 19.6 Å². The lowest BCUT2D eigenvalue weighted by Gasteiger charge is -2.34. The third-order valence-electron chi connectivity index (χ3n) is 3.45. The fourth-order valence-electron chi connectivity index (χ4n) is 2.27. The van der Waals surface area contributed by atoms with Gasteiger partial charge in [-0.2, -0.15) is 0 Å². The van der Waals surface area contributed by atoms with Crippen molar-refractivity contribution in [1.29, 1.82) is 0 Å². The van der Waals surface area contributed by atoms with Gasteiger partial charge in [0.05, 0.1) is 11.4 Å². The first-order valence-corrected chi connectivity index (χ1v) is 6.28. The first-order valence-electron chi connectivity index (χ1n) is 6.28. The van der Waals surface area contributed by atoms with Crippen LogP contribution in [0.25, 0.3) is 0 Å². The fraction of sp³-hybridized carbons (Fsp3) is 0.462. The molecule has 1 amide bonds. The van der Waals surface area contributed by atoms with E-state index in [1.807, 2.05) is 4.90 Å². The molecule has 1 aromatic carbocycles. The maximum Gasteiger partial charge on any atom is 0.219 e. The van der Waals surface area contributed by atoms with Crippen molar-refractivity contribution in [3.8, 4) is 0 Å². The van der Waals surface area contributed by atoms with Crippen LogP contribution >= 0.6 is 0 Å². The molecule has 0 aliphatic carbocycles. The molecule has 1 aliphatic rings. The van der Waals surface area contributed by atoms with Crippen molar-refractivity contribution in [2.45, 2.75) is 13.5 Å². The zero-order valence-electron chi connectivity index (χ0n) is 11.0. The van der Waals surface area contributed by atoms with Crippen LogP contribution in [-0.4, -0.2) is 41.9 Å². The van der Waals surface area contributed by atoms with Crippen LogP contribution in [0.4, 0.5) is 15.8 Å². The Hall–Kier alpha value is -1.82. The number of nitrogens with zero attached hydrogens (tertiary/aromatic N) is 2. The minimum atomic E-state index is -0.475. The molecule has 2 rings (SSSR count). The highest BCUT2D eigenvalue weighted by atomic mass is 19.1. The first-order chi connectivity index (χ1) is 8.97. The third-order valence-corrected chi connectivity index (χ3v) is 3.45. The van der Waals surface area contributed by atoms with Crippen LogP contribution in [0, 0.1) is 5.82 Å². The highest BCUT2D eigenvalue weighted by molar-refractivity contribution is 5.73. The van der Waals surface area contributed by atoms with Gasteiger partial charge in [0.2, 0.25) is 5.91 Å². The number of rotatable bonds is 2. The van der Waals surface area contributed by atoms with E-state index in [1.54, 1.807) is 13.0 Å². The molecule has 0 unspecified atom stereocenters. The van der Waals surface area contributed by atoms with E-state index in [9.17, 15) is 9.18 Å². The van der Waals surface area contributed by atoms with Crippen LogP contribution in [0.3, 0.4) is 0 Å². The number of halogens is 1. The quantitative estimate of drug-likeness (QED) is 0.771. The summed E-state index contributed by atoms with van der Waals surface area (Å²) in [6.07, 6.45) is 0. The predicted octanol–water partition coefficient (Wildman–Crippen LogP) is 0.654. The number of anilines is 2. The molecule has 0 saturated carbocycles. The van der Waals surface area contributed by atoms with Gasteiger partial charge in [-0.1, -0.05) is 0 Å². The van der Waals surface area contributed by atoms with Crippen LogP contribution in [0.15, 0.2) is 12.1 Å². The molecule has 0 atom stereocenters. The molecule has 1 aromatic rings. The molecule has 0 aromatic heterocycles. The lowest BCUT2D eigenvalue weighted by molar-refractivity contribution is -0.130. The molecule has 104 valence electrons. The number of hydrogen-bond donors (Lipinski definition) is 2. The predicted molar refractivity (Wildman–Crippen MR) is 72.8 cm³/mol. The monoisotopic (exact) mass is 266 g/mol. The summed E-state index contributed by atoms with van der Waals surface area (Å²) in [6.45, 7) is 5.18. The molecule has 6 heteroatoms. The smallest absolute Gasteiger partial charge is 0.219 e. The molecule has 0 bridgehead atoms. The van der Waals surface area contributed by atoms with Crippen molar-refractivity contribution in [3.63, 3.8) is 0 Å². The Labute approximate surface area is 112 Å².